The summed E-state index contributed by atoms with van der Waals surface area (Å²) in [6.07, 6.45) is 13.5. The molecule has 0 spiro atoms. The predicted octanol–water partition coefficient (Wildman–Crippen LogP) is -2.38. The first-order valence-electron chi connectivity index (χ1n) is 13.1. The molecule has 7 nitrogen and oxygen atoms in total. The number of aliphatic carboxylic acids is 2. The Labute approximate surface area is 274 Å². The van der Waals surface area contributed by atoms with Crippen LogP contribution in [-0.4, -0.2) is 54.0 Å². The summed E-state index contributed by atoms with van der Waals surface area (Å²) in [7, 11) is 1.26. The topological polar surface area (TPSA) is 113 Å². The van der Waals surface area contributed by atoms with Crippen LogP contribution >= 0.6 is 11.8 Å². The standard InChI is InChI=1S/C27H50N2O5S.2Na/c1-20(2)10-7-11-21(3)12-8-13-22(4)14-9-15-23(5)16-17-35-19-24(26(32)33)28-27(34)29(6)18-25(30)31;;/h16,20-22,24H,7-15,17-19H2,1-6H3,(H,28,34)(H,30,31)(H,32,33);;/q;2*+1/p-2/b23-16+;;. The third kappa shape index (κ3) is 25.0. The summed E-state index contributed by atoms with van der Waals surface area (Å²) in [6.45, 7) is 10.8. The molecule has 37 heavy (non-hydrogen) atoms. The van der Waals surface area contributed by atoms with Crippen LogP contribution in [-0.2, 0) is 9.59 Å². The van der Waals surface area contributed by atoms with Crippen LogP contribution in [0.1, 0.15) is 92.4 Å². The van der Waals surface area contributed by atoms with Gasteiger partial charge in [0.15, 0.2) is 0 Å². The van der Waals surface area contributed by atoms with Crippen molar-refractivity contribution in [2.45, 2.75) is 98.4 Å². The maximum Gasteiger partial charge on any atom is 1.00 e. The summed E-state index contributed by atoms with van der Waals surface area (Å²) in [4.78, 5) is 34.6. The minimum Gasteiger partial charge on any atom is -0.548 e. The number of rotatable bonds is 20. The molecule has 1 N–H and O–H groups in total. The van der Waals surface area contributed by atoms with Gasteiger partial charge < -0.3 is 30.0 Å². The zero-order chi connectivity index (χ0) is 26.8. The van der Waals surface area contributed by atoms with E-state index in [2.05, 4.69) is 46.0 Å². The Morgan fingerprint density at radius 3 is 1.89 bits per heavy atom. The van der Waals surface area contributed by atoms with Crippen LogP contribution in [0, 0.1) is 17.8 Å². The van der Waals surface area contributed by atoms with Crippen LogP contribution in [0.4, 0.5) is 4.79 Å². The normalized spacial score (nSPS) is 13.6. The Balaban J connectivity index is -0.00000578. The van der Waals surface area contributed by atoms with E-state index >= 15 is 0 Å². The van der Waals surface area contributed by atoms with Gasteiger partial charge in [0.25, 0.3) is 0 Å². The fraction of sp³-hybridized carbons (Fsp3) is 0.815. The Bertz CT molecular complexity index is 665. The number of allylic oxidation sites excluding steroid dienone is 1. The first-order chi connectivity index (χ1) is 16.4. The van der Waals surface area contributed by atoms with Crippen molar-refractivity contribution in [1.29, 1.82) is 0 Å². The minimum absolute atomic E-state index is 0. The van der Waals surface area contributed by atoms with Gasteiger partial charge in [-0.2, -0.15) is 11.8 Å². The average Bonchev–Trinajstić information content (AvgIpc) is 2.74. The molecule has 2 amide bonds. The van der Waals surface area contributed by atoms with E-state index < -0.39 is 30.6 Å². The number of nitrogens with one attached hydrogen (secondary N) is 1. The van der Waals surface area contributed by atoms with E-state index in [1.54, 1.807) is 0 Å². The first kappa shape index (κ1) is 41.8. The molecule has 3 atom stereocenters. The molecule has 0 fully saturated rings. The average molecular weight is 559 g/mol. The molecular formula is C27H48N2Na2O5S. The second-order valence-electron chi connectivity index (χ2n) is 10.5. The zero-order valence-electron chi connectivity index (χ0n) is 24.8. The van der Waals surface area contributed by atoms with Crippen molar-refractivity contribution in [3.8, 4) is 0 Å². The van der Waals surface area contributed by atoms with Crippen LogP contribution in [0.25, 0.3) is 0 Å². The summed E-state index contributed by atoms with van der Waals surface area (Å²) in [5.74, 6) is 0.349. The van der Waals surface area contributed by atoms with Crippen LogP contribution in [0.3, 0.4) is 0 Å². The molecule has 0 aliphatic heterocycles. The second kappa shape index (κ2) is 25.3. The van der Waals surface area contributed by atoms with E-state index in [0.29, 0.717) is 5.75 Å². The number of carbonyl (C=O) groups is 3. The van der Waals surface area contributed by atoms with Crippen LogP contribution in [0.5, 0.6) is 0 Å². The van der Waals surface area contributed by atoms with Gasteiger partial charge in [0, 0.05) is 18.6 Å². The second-order valence-corrected chi connectivity index (χ2v) is 11.6. The van der Waals surface area contributed by atoms with E-state index in [1.165, 1.54) is 69.3 Å². The molecule has 3 unspecified atom stereocenters. The molecule has 0 aromatic rings. The summed E-state index contributed by atoms with van der Waals surface area (Å²) >= 11 is 1.39. The van der Waals surface area contributed by atoms with Crippen molar-refractivity contribution in [2.24, 2.45) is 17.8 Å². The van der Waals surface area contributed by atoms with Crippen LogP contribution in [0.2, 0.25) is 0 Å². The largest absolute Gasteiger partial charge is 1.00 e. The van der Waals surface area contributed by atoms with Crippen molar-refractivity contribution in [3.05, 3.63) is 11.6 Å². The summed E-state index contributed by atoms with van der Waals surface area (Å²) < 4.78 is 0. The Kier molecular flexibility index (Phi) is 28.5. The van der Waals surface area contributed by atoms with E-state index in [-0.39, 0.29) is 64.9 Å². The van der Waals surface area contributed by atoms with Gasteiger partial charge in [-0.15, -0.1) is 0 Å². The molecule has 0 aliphatic carbocycles. The van der Waals surface area contributed by atoms with Crippen molar-refractivity contribution in [3.63, 3.8) is 0 Å². The number of thioether (sulfide) groups is 1. The molecule has 0 radical (unpaired) electrons. The third-order valence-electron chi connectivity index (χ3n) is 6.27. The van der Waals surface area contributed by atoms with Gasteiger partial charge in [-0.3, -0.25) is 0 Å². The quantitative estimate of drug-likeness (QED) is 0.102. The third-order valence-corrected chi connectivity index (χ3v) is 7.24. The first-order valence-corrected chi connectivity index (χ1v) is 14.2. The molecule has 0 heterocycles. The van der Waals surface area contributed by atoms with Crippen molar-refractivity contribution < 1.29 is 83.7 Å². The number of urea groups is 1. The fourth-order valence-corrected chi connectivity index (χ4v) is 4.88. The summed E-state index contributed by atoms with van der Waals surface area (Å²) in [5, 5.41) is 24.1. The molecule has 0 saturated heterocycles. The molecule has 0 rings (SSSR count). The Morgan fingerprint density at radius 1 is 0.892 bits per heavy atom. The Morgan fingerprint density at radius 2 is 1.41 bits per heavy atom. The molecule has 0 aliphatic rings. The molecule has 10 heteroatoms. The molecule has 0 aromatic carbocycles. The SMILES string of the molecule is C/C(=C\CSCC(NC(=O)N(C)CC(=O)[O-])C(=O)[O-])CCCC(C)CCCC(C)CCCC(C)C.[Na+].[Na+]. The van der Waals surface area contributed by atoms with Crippen LogP contribution in [0.15, 0.2) is 11.6 Å². The van der Waals surface area contributed by atoms with Gasteiger partial charge in [-0.25, -0.2) is 4.79 Å². The number of carboxylic acids is 2. The van der Waals surface area contributed by atoms with E-state index in [1.807, 2.05) is 0 Å². The monoisotopic (exact) mass is 558 g/mol. The maximum atomic E-state index is 11.9. The number of hydrogen-bond acceptors (Lipinski definition) is 6. The number of nitrogens with zero attached hydrogens (tertiary/aromatic N) is 1. The minimum atomic E-state index is -1.42. The van der Waals surface area contributed by atoms with Gasteiger partial charge in [0.05, 0.1) is 24.5 Å². The number of hydrogen-bond donors (Lipinski definition) is 1. The summed E-state index contributed by atoms with van der Waals surface area (Å²) in [6, 6.07) is -1.98. The fourth-order valence-electron chi connectivity index (χ4n) is 3.89. The van der Waals surface area contributed by atoms with E-state index in [9.17, 15) is 24.6 Å². The number of amides is 2. The van der Waals surface area contributed by atoms with Crippen molar-refractivity contribution in [2.75, 3.05) is 25.1 Å². The predicted molar refractivity (Wildman–Crippen MR) is 141 cm³/mol. The van der Waals surface area contributed by atoms with Gasteiger partial charge in [0.1, 0.15) is 0 Å². The van der Waals surface area contributed by atoms with Gasteiger partial charge in [0.2, 0.25) is 0 Å². The molecule has 204 valence electrons. The Hall–Kier alpha value is 0.300. The number of carbonyl (C=O) groups excluding carboxylic acids is 3. The summed E-state index contributed by atoms with van der Waals surface area (Å²) in [5.41, 5.74) is 1.28. The zero-order valence-corrected chi connectivity index (χ0v) is 29.6. The number of carboxylic acid groups (broad SMARTS) is 2. The molecule has 0 aromatic heterocycles. The van der Waals surface area contributed by atoms with Gasteiger partial charge in [-0.1, -0.05) is 84.3 Å². The van der Waals surface area contributed by atoms with Gasteiger partial charge >= 0.3 is 65.1 Å². The number of likely N-dealkylation sites (N-methyl/N-ethyl adjacent to an activating group) is 1. The van der Waals surface area contributed by atoms with Crippen molar-refractivity contribution >= 4 is 29.7 Å². The van der Waals surface area contributed by atoms with Gasteiger partial charge in [-0.05, 0) is 37.5 Å². The van der Waals surface area contributed by atoms with E-state index in [4.69, 9.17) is 0 Å². The van der Waals surface area contributed by atoms with E-state index in [0.717, 1.165) is 35.5 Å². The molecule has 0 saturated carbocycles. The maximum absolute atomic E-state index is 11.9. The molecular weight excluding hydrogens is 510 g/mol. The van der Waals surface area contributed by atoms with Crippen LogP contribution < -0.4 is 74.6 Å². The smallest absolute Gasteiger partial charge is 0.548 e. The van der Waals surface area contributed by atoms with Crippen molar-refractivity contribution in [1.82, 2.24) is 10.2 Å². The molecule has 0 bridgehead atoms.